The Bertz CT molecular complexity index is 1700. The van der Waals surface area contributed by atoms with Crippen LogP contribution in [0.5, 0.6) is 16.7 Å². The first-order chi connectivity index (χ1) is 18.6. The average molecular weight is 526 g/mol. The van der Waals surface area contributed by atoms with E-state index in [0.717, 1.165) is 28.8 Å². The number of hydrogen-bond acceptors (Lipinski definition) is 7. The van der Waals surface area contributed by atoms with E-state index in [9.17, 15) is 0 Å². The molecule has 0 aliphatic rings. The minimum Gasteiger partial charge on any atom is -0.496 e. The molecule has 0 saturated carbocycles. The van der Waals surface area contributed by atoms with Crippen LogP contribution in [0.1, 0.15) is 22.3 Å². The molecule has 6 aromatic rings. The molecule has 0 saturated heterocycles. The van der Waals surface area contributed by atoms with Crippen LogP contribution in [0.2, 0.25) is 0 Å². The highest BCUT2D eigenvalue weighted by Crippen LogP contribution is 2.37. The number of ether oxygens (including phenoxy) is 3. The van der Waals surface area contributed by atoms with Crippen molar-refractivity contribution in [1.29, 1.82) is 0 Å². The normalized spacial score (nSPS) is 11.3. The fourth-order valence-corrected chi connectivity index (χ4v) is 5.23. The van der Waals surface area contributed by atoms with Gasteiger partial charge in [-0.15, -0.1) is 5.10 Å². The Morgan fingerprint density at radius 3 is 2.61 bits per heavy atom. The maximum Gasteiger partial charge on any atom is 0.294 e. The van der Waals surface area contributed by atoms with Gasteiger partial charge < -0.3 is 18.6 Å². The van der Waals surface area contributed by atoms with Crippen LogP contribution in [0.15, 0.2) is 77.3 Å². The fourth-order valence-electron chi connectivity index (χ4n) is 4.53. The third kappa shape index (κ3) is 4.82. The number of methoxy groups -OCH3 is 2. The largest absolute Gasteiger partial charge is 0.496 e. The molecule has 8 heteroatoms. The van der Waals surface area contributed by atoms with Gasteiger partial charge in [-0.05, 0) is 59.4 Å². The first-order valence-electron chi connectivity index (χ1n) is 12.4. The molecule has 0 radical (unpaired) electrons. The number of fused-ring (bicyclic) bond motifs is 2. The molecule has 38 heavy (non-hydrogen) atoms. The molecule has 0 amide bonds. The molecule has 0 bridgehead atoms. The van der Waals surface area contributed by atoms with Crippen LogP contribution >= 0.6 is 11.3 Å². The second-order valence-corrected chi connectivity index (χ2v) is 10.0. The predicted octanol–water partition coefficient (Wildman–Crippen LogP) is 6.89. The standard InChI is InChI=1S/C30H27N3O4S/c1-19-7-4-5-10-22(19)12-11-20-8-6-9-21(13-20)18-36-26-14-23(34-2)15-27-24(26)16-28(37-27)25-17-33-29(31-25)38-30(32-33)35-3/h4-10,13-17H,11-12,18H2,1-3H3. The summed E-state index contributed by atoms with van der Waals surface area (Å²) in [5.41, 5.74) is 6.48. The summed E-state index contributed by atoms with van der Waals surface area (Å²) in [4.78, 5) is 5.37. The van der Waals surface area contributed by atoms with Crippen molar-refractivity contribution in [3.63, 3.8) is 0 Å². The number of aromatic nitrogens is 3. The molecule has 3 heterocycles. The molecule has 3 aromatic carbocycles. The molecule has 0 atom stereocenters. The van der Waals surface area contributed by atoms with E-state index >= 15 is 0 Å². The van der Waals surface area contributed by atoms with Crippen molar-refractivity contribution in [3.8, 4) is 28.1 Å². The number of benzene rings is 3. The van der Waals surface area contributed by atoms with Gasteiger partial charge in [0.1, 0.15) is 29.4 Å². The van der Waals surface area contributed by atoms with E-state index in [2.05, 4.69) is 65.5 Å². The molecule has 0 N–H and O–H groups in total. The van der Waals surface area contributed by atoms with E-state index in [1.807, 2.05) is 24.4 Å². The molecule has 0 spiro atoms. The van der Waals surface area contributed by atoms with Crippen LogP contribution < -0.4 is 14.2 Å². The molecule has 6 rings (SSSR count). The van der Waals surface area contributed by atoms with Gasteiger partial charge in [0.05, 0.1) is 25.8 Å². The first-order valence-corrected chi connectivity index (χ1v) is 13.2. The SMILES string of the molecule is COc1cc(OCc2cccc(CCc3ccccc3C)c2)c2cc(-c3cn4nc(OC)sc4n3)oc2c1. The summed E-state index contributed by atoms with van der Waals surface area (Å²) < 4.78 is 24.9. The highest BCUT2D eigenvalue weighted by atomic mass is 32.1. The van der Waals surface area contributed by atoms with Crippen molar-refractivity contribution in [2.24, 2.45) is 0 Å². The Labute approximate surface area is 224 Å². The molecule has 0 aliphatic heterocycles. The van der Waals surface area contributed by atoms with Gasteiger partial charge in [0, 0.05) is 12.1 Å². The second-order valence-electron chi connectivity index (χ2n) is 9.11. The number of imidazole rings is 1. The number of aryl methyl sites for hydroxylation is 3. The van der Waals surface area contributed by atoms with Crippen LogP contribution in [-0.2, 0) is 19.4 Å². The van der Waals surface area contributed by atoms with E-state index in [1.165, 1.54) is 28.0 Å². The van der Waals surface area contributed by atoms with Gasteiger partial charge in [0.2, 0.25) is 4.96 Å². The molecule has 0 aliphatic carbocycles. The van der Waals surface area contributed by atoms with Gasteiger partial charge in [0.25, 0.3) is 5.19 Å². The summed E-state index contributed by atoms with van der Waals surface area (Å²) in [6.07, 6.45) is 3.82. The maximum absolute atomic E-state index is 6.32. The Kier molecular flexibility index (Phi) is 6.47. The summed E-state index contributed by atoms with van der Waals surface area (Å²) >= 11 is 1.37. The van der Waals surface area contributed by atoms with Gasteiger partial charge in [-0.25, -0.2) is 9.50 Å². The average Bonchev–Trinajstić information content (AvgIpc) is 3.64. The third-order valence-electron chi connectivity index (χ3n) is 6.59. The van der Waals surface area contributed by atoms with E-state index in [0.29, 0.717) is 40.3 Å². The molecule has 0 unspecified atom stereocenters. The summed E-state index contributed by atoms with van der Waals surface area (Å²) in [5.74, 6) is 1.99. The molecule has 7 nitrogen and oxygen atoms in total. The van der Waals surface area contributed by atoms with Crippen LogP contribution in [0.25, 0.3) is 27.4 Å². The number of nitrogens with zero attached hydrogens (tertiary/aromatic N) is 3. The topological polar surface area (TPSA) is 71.0 Å². The number of rotatable bonds is 9. The minimum atomic E-state index is 0.435. The Balaban J connectivity index is 1.22. The zero-order valence-corrected chi connectivity index (χ0v) is 22.2. The van der Waals surface area contributed by atoms with Crippen molar-refractivity contribution in [3.05, 3.63) is 95.2 Å². The van der Waals surface area contributed by atoms with Crippen molar-refractivity contribution >= 4 is 27.3 Å². The first kappa shape index (κ1) is 24.1. The van der Waals surface area contributed by atoms with Crippen LogP contribution in [0.4, 0.5) is 0 Å². The number of hydrogen-bond donors (Lipinski definition) is 0. The molecule has 0 fully saturated rings. The van der Waals surface area contributed by atoms with E-state index < -0.39 is 0 Å². The third-order valence-corrected chi connectivity index (χ3v) is 7.47. The smallest absolute Gasteiger partial charge is 0.294 e. The highest BCUT2D eigenvalue weighted by molar-refractivity contribution is 7.18. The van der Waals surface area contributed by atoms with Crippen molar-refractivity contribution in [2.45, 2.75) is 26.4 Å². The van der Waals surface area contributed by atoms with E-state index in [4.69, 9.17) is 18.6 Å². The number of furan rings is 1. The van der Waals surface area contributed by atoms with Gasteiger partial charge in [-0.3, -0.25) is 0 Å². The van der Waals surface area contributed by atoms with Gasteiger partial charge in [-0.2, -0.15) is 0 Å². The lowest BCUT2D eigenvalue weighted by Crippen LogP contribution is -1.99. The van der Waals surface area contributed by atoms with Crippen LogP contribution in [0, 0.1) is 6.92 Å². The second kappa shape index (κ2) is 10.2. The summed E-state index contributed by atoms with van der Waals surface area (Å²) in [6.45, 7) is 2.60. The maximum atomic E-state index is 6.32. The van der Waals surface area contributed by atoms with Crippen LogP contribution in [-0.4, -0.2) is 28.8 Å². The Hall–Kier alpha value is -4.30. The quantitative estimate of drug-likeness (QED) is 0.205. The van der Waals surface area contributed by atoms with Crippen molar-refractivity contribution in [2.75, 3.05) is 14.2 Å². The zero-order chi connectivity index (χ0) is 26.1. The van der Waals surface area contributed by atoms with E-state index in [1.54, 1.807) is 18.7 Å². The lowest BCUT2D eigenvalue weighted by molar-refractivity contribution is 0.307. The minimum absolute atomic E-state index is 0.435. The van der Waals surface area contributed by atoms with Gasteiger partial charge in [0.15, 0.2) is 5.76 Å². The Morgan fingerprint density at radius 2 is 1.79 bits per heavy atom. The predicted molar refractivity (Wildman–Crippen MR) is 149 cm³/mol. The zero-order valence-electron chi connectivity index (χ0n) is 21.4. The monoisotopic (exact) mass is 525 g/mol. The fraction of sp³-hybridized carbons (Fsp3) is 0.200. The highest BCUT2D eigenvalue weighted by Gasteiger charge is 2.17. The van der Waals surface area contributed by atoms with E-state index in [-0.39, 0.29) is 0 Å². The molecular weight excluding hydrogens is 498 g/mol. The Morgan fingerprint density at radius 1 is 0.921 bits per heavy atom. The van der Waals surface area contributed by atoms with Crippen LogP contribution in [0.3, 0.4) is 0 Å². The lowest BCUT2D eigenvalue weighted by Gasteiger charge is -2.11. The summed E-state index contributed by atoms with van der Waals surface area (Å²) in [5, 5.41) is 5.76. The van der Waals surface area contributed by atoms with Crippen molar-refractivity contribution < 1.29 is 18.6 Å². The molecule has 192 valence electrons. The van der Waals surface area contributed by atoms with Gasteiger partial charge >= 0.3 is 0 Å². The molecular formula is C30H27N3O4S. The lowest BCUT2D eigenvalue weighted by atomic mass is 10.00. The molecule has 3 aromatic heterocycles. The summed E-state index contributed by atoms with van der Waals surface area (Å²) in [7, 11) is 3.23. The summed E-state index contributed by atoms with van der Waals surface area (Å²) in [6, 6.07) is 22.8. The van der Waals surface area contributed by atoms with Crippen molar-refractivity contribution in [1.82, 2.24) is 14.6 Å². The van der Waals surface area contributed by atoms with Gasteiger partial charge in [-0.1, -0.05) is 48.5 Å².